The fraction of sp³-hybridized carbons (Fsp3) is 0.276. The van der Waals surface area contributed by atoms with E-state index in [0.717, 1.165) is 46.7 Å². The number of carbonyl (C=O) groups excluding carboxylic acids is 1. The number of ketones is 1. The van der Waals surface area contributed by atoms with E-state index in [1.807, 2.05) is 68.5 Å². The number of hydrogen-bond donors (Lipinski definition) is 0. The van der Waals surface area contributed by atoms with Gasteiger partial charge in [-0.2, -0.15) is 0 Å². The molecule has 35 heavy (non-hydrogen) atoms. The first-order valence-electron chi connectivity index (χ1n) is 11.7. The van der Waals surface area contributed by atoms with Crippen molar-refractivity contribution in [1.29, 1.82) is 0 Å². The summed E-state index contributed by atoms with van der Waals surface area (Å²) < 4.78 is 23.0. The van der Waals surface area contributed by atoms with Gasteiger partial charge in [-0.15, -0.1) is 0 Å². The maximum Gasteiger partial charge on any atom is 0.232 e. The van der Waals surface area contributed by atoms with Crippen LogP contribution in [0.5, 0.6) is 23.0 Å². The number of allylic oxidation sites excluding steroid dienone is 1. The smallest absolute Gasteiger partial charge is 0.232 e. The lowest BCUT2D eigenvalue weighted by molar-refractivity contribution is 0.0949. The summed E-state index contributed by atoms with van der Waals surface area (Å²) in [7, 11) is 3.27. The van der Waals surface area contributed by atoms with Gasteiger partial charge in [0.05, 0.1) is 25.3 Å². The van der Waals surface area contributed by atoms with Crippen LogP contribution >= 0.6 is 0 Å². The van der Waals surface area contributed by atoms with Crippen LogP contribution < -0.4 is 18.9 Å². The number of rotatable bonds is 6. The Hall–Kier alpha value is -3.77. The molecule has 6 heteroatoms. The lowest BCUT2D eigenvalue weighted by Gasteiger charge is -2.30. The molecule has 0 saturated heterocycles. The van der Waals surface area contributed by atoms with E-state index in [-0.39, 0.29) is 5.78 Å². The summed E-state index contributed by atoms with van der Waals surface area (Å²) in [6.07, 6.45) is 2.64. The van der Waals surface area contributed by atoms with Gasteiger partial charge < -0.3 is 18.9 Å². The van der Waals surface area contributed by atoms with Gasteiger partial charge >= 0.3 is 0 Å². The lowest BCUT2D eigenvalue weighted by atomic mass is 9.98. The van der Waals surface area contributed by atoms with Gasteiger partial charge in [-0.3, -0.25) is 9.69 Å². The fourth-order valence-electron chi connectivity index (χ4n) is 4.56. The fourth-order valence-corrected chi connectivity index (χ4v) is 4.56. The Labute approximate surface area is 205 Å². The Kier molecular flexibility index (Phi) is 6.22. The summed E-state index contributed by atoms with van der Waals surface area (Å²) in [5.41, 5.74) is 5.68. The number of fused-ring (bicyclic) bond motifs is 3. The molecule has 2 aliphatic rings. The van der Waals surface area contributed by atoms with E-state index in [1.165, 1.54) is 5.56 Å². The number of ether oxygens (including phenoxy) is 4. The highest BCUT2D eigenvalue weighted by atomic mass is 16.5. The van der Waals surface area contributed by atoms with Crippen LogP contribution in [0.4, 0.5) is 0 Å². The average Bonchev–Trinajstić information content (AvgIpc) is 3.20. The van der Waals surface area contributed by atoms with Crippen LogP contribution in [0.15, 0.2) is 54.3 Å². The van der Waals surface area contributed by atoms with Crippen LogP contribution in [0.25, 0.3) is 6.08 Å². The second-order valence-electron chi connectivity index (χ2n) is 8.99. The monoisotopic (exact) mass is 471 g/mol. The van der Waals surface area contributed by atoms with Gasteiger partial charge in [0.25, 0.3) is 0 Å². The molecule has 0 aliphatic carbocycles. The van der Waals surface area contributed by atoms with Gasteiger partial charge in [0.1, 0.15) is 18.2 Å². The molecule has 3 aromatic rings. The molecule has 0 spiro atoms. The van der Waals surface area contributed by atoms with Gasteiger partial charge in [-0.25, -0.2) is 0 Å². The van der Waals surface area contributed by atoms with E-state index < -0.39 is 0 Å². The van der Waals surface area contributed by atoms with Crippen molar-refractivity contribution >= 4 is 11.9 Å². The summed E-state index contributed by atoms with van der Waals surface area (Å²) in [6, 6.07) is 16.0. The number of benzene rings is 3. The van der Waals surface area contributed by atoms with E-state index in [1.54, 1.807) is 14.2 Å². The molecule has 5 rings (SSSR count). The zero-order chi connectivity index (χ0) is 24.5. The highest BCUT2D eigenvalue weighted by Gasteiger charge is 2.35. The molecule has 0 amide bonds. The Bertz CT molecular complexity index is 1310. The number of hydrogen-bond acceptors (Lipinski definition) is 6. The number of aryl methyl sites for hydroxylation is 2. The van der Waals surface area contributed by atoms with E-state index in [2.05, 4.69) is 4.90 Å². The van der Waals surface area contributed by atoms with E-state index in [4.69, 9.17) is 18.9 Å². The standard InChI is InChI=1S/C29H29NO5/c1-18-5-7-20(8-6-18)15-26-28(31)27-19(2)13-24-22(29(27)35-26)16-30(17-34-24)12-11-21-9-10-23(32-3)25(14-21)33-4/h5-10,13-15H,11-12,16-17H2,1-4H3/b26-15+. The van der Waals surface area contributed by atoms with E-state index in [0.29, 0.717) is 36.1 Å². The third-order valence-corrected chi connectivity index (χ3v) is 6.53. The molecule has 2 heterocycles. The third-order valence-electron chi connectivity index (χ3n) is 6.53. The molecule has 2 aliphatic heterocycles. The SMILES string of the molecule is COc1ccc(CCN2COc3cc(C)c4c(c3C2)O/C(=C/c2ccc(C)cc2)C4=O)cc1OC. The Balaban J connectivity index is 1.36. The highest BCUT2D eigenvalue weighted by molar-refractivity contribution is 6.15. The molecule has 0 atom stereocenters. The minimum atomic E-state index is -0.0803. The molecule has 0 radical (unpaired) electrons. The predicted octanol–water partition coefficient (Wildman–Crippen LogP) is 5.33. The summed E-state index contributed by atoms with van der Waals surface area (Å²) in [6.45, 7) is 5.89. The topological polar surface area (TPSA) is 57.2 Å². The normalized spacial score (nSPS) is 15.9. The zero-order valence-electron chi connectivity index (χ0n) is 20.5. The second kappa shape index (κ2) is 9.47. The maximum absolute atomic E-state index is 13.2. The number of carbonyl (C=O) groups is 1. The van der Waals surface area contributed by atoms with Gasteiger partial charge in [-0.1, -0.05) is 35.9 Å². The van der Waals surface area contributed by atoms with Crippen molar-refractivity contribution in [3.63, 3.8) is 0 Å². The molecule has 0 fully saturated rings. The van der Waals surface area contributed by atoms with Gasteiger partial charge in [0, 0.05) is 13.1 Å². The van der Waals surface area contributed by atoms with E-state index >= 15 is 0 Å². The molecule has 180 valence electrons. The first-order valence-corrected chi connectivity index (χ1v) is 11.7. The van der Waals surface area contributed by atoms with Gasteiger partial charge in [-0.05, 0) is 61.2 Å². The predicted molar refractivity (Wildman–Crippen MR) is 134 cm³/mol. The van der Waals surface area contributed by atoms with Crippen LogP contribution in [0.2, 0.25) is 0 Å². The maximum atomic E-state index is 13.2. The molecular weight excluding hydrogens is 442 g/mol. The van der Waals surface area contributed by atoms with Crippen LogP contribution in [0.3, 0.4) is 0 Å². The summed E-state index contributed by atoms with van der Waals surface area (Å²) in [5.74, 6) is 3.12. The summed E-state index contributed by atoms with van der Waals surface area (Å²) >= 11 is 0. The van der Waals surface area contributed by atoms with Crippen molar-refractivity contribution in [3.05, 3.63) is 87.7 Å². The van der Waals surface area contributed by atoms with Gasteiger partial charge in [0.2, 0.25) is 5.78 Å². The second-order valence-corrected chi connectivity index (χ2v) is 8.99. The van der Waals surface area contributed by atoms with Crippen LogP contribution in [-0.2, 0) is 13.0 Å². The molecule has 3 aromatic carbocycles. The molecule has 0 unspecified atom stereocenters. The Morgan fingerprint density at radius 2 is 1.77 bits per heavy atom. The third kappa shape index (κ3) is 4.49. The number of methoxy groups -OCH3 is 2. The van der Waals surface area contributed by atoms with Crippen LogP contribution in [0, 0.1) is 13.8 Å². The largest absolute Gasteiger partial charge is 0.493 e. The van der Waals surface area contributed by atoms with Crippen molar-refractivity contribution in [2.45, 2.75) is 26.8 Å². The van der Waals surface area contributed by atoms with Crippen molar-refractivity contribution in [3.8, 4) is 23.0 Å². The number of nitrogens with zero attached hydrogens (tertiary/aromatic N) is 1. The van der Waals surface area contributed by atoms with Crippen LogP contribution in [-0.4, -0.2) is 38.2 Å². The molecule has 0 saturated carbocycles. The quantitative estimate of drug-likeness (QED) is 0.453. The first kappa shape index (κ1) is 23.0. The van der Waals surface area contributed by atoms with Crippen molar-refractivity contribution in [2.75, 3.05) is 27.5 Å². The minimum Gasteiger partial charge on any atom is -0.493 e. The summed E-state index contributed by atoms with van der Waals surface area (Å²) in [5, 5.41) is 0. The van der Waals surface area contributed by atoms with Crippen molar-refractivity contribution in [2.24, 2.45) is 0 Å². The Morgan fingerprint density at radius 1 is 1.00 bits per heavy atom. The van der Waals surface area contributed by atoms with Gasteiger partial charge in [0.15, 0.2) is 17.3 Å². The molecular formula is C29H29NO5. The van der Waals surface area contributed by atoms with E-state index in [9.17, 15) is 4.79 Å². The average molecular weight is 472 g/mol. The molecule has 6 nitrogen and oxygen atoms in total. The molecule has 0 N–H and O–H groups in total. The first-order chi connectivity index (χ1) is 17.0. The molecule has 0 bridgehead atoms. The van der Waals surface area contributed by atoms with Crippen LogP contribution in [0.1, 0.15) is 38.2 Å². The minimum absolute atomic E-state index is 0.0803. The van der Waals surface area contributed by atoms with Crippen molar-refractivity contribution < 1.29 is 23.7 Å². The lowest BCUT2D eigenvalue weighted by Crippen LogP contribution is -2.34. The highest BCUT2D eigenvalue weighted by Crippen LogP contribution is 2.44. The number of Topliss-reactive ketones (excluding diaryl/α,β-unsaturated/α-hetero) is 1. The zero-order valence-corrected chi connectivity index (χ0v) is 20.5. The Morgan fingerprint density at radius 3 is 2.51 bits per heavy atom. The molecule has 0 aromatic heterocycles. The van der Waals surface area contributed by atoms with Crippen molar-refractivity contribution in [1.82, 2.24) is 4.90 Å². The summed E-state index contributed by atoms with van der Waals surface area (Å²) in [4.78, 5) is 15.4.